The molecule has 8 nitrogen and oxygen atoms in total. The maximum atomic E-state index is 12.5. The number of carboxylic acid groups (broad SMARTS) is 1. The van der Waals surface area contributed by atoms with Crippen LogP contribution in [0, 0.1) is 0 Å². The van der Waals surface area contributed by atoms with Gasteiger partial charge in [0.1, 0.15) is 11.4 Å². The average molecular weight is 462 g/mol. The van der Waals surface area contributed by atoms with E-state index in [2.05, 4.69) is 39.5 Å². The van der Waals surface area contributed by atoms with Crippen LogP contribution in [0.4, 0.5) is 13.2 Å². The molecular formula is C22H21F3N4O4. The first-order valence-electron chi connectivity index (χ1n) is 9.84. The summed E-state index contributed by atoms with van der Waals surface area (Å²) in [6.07, 6.45) is -1.94. The molecule has 0 atom stereocenters. The summed E-state index contributed by atoms with van der Waals surface area (Å²) < 4.78 is 33.4. The van der Waals surface area contributed by atoms with Crippen LogP contribution in [-0.4, -0.2) is 55.8 Å². The summed E-state index contributed by atoms with van der Waals surface area (Å²) in [6, 6.07) is 15.1. The fourth-order valence-corrected chi connectivity index (χ4v) is 3.26. The number of aromatic hydroxyl groups is 1. The van der Waals surface area contributed by atoms with Crippen molar-refractivity contribution in [2.45, 2.75) is 19.3 Å². The van der Waals surface area contributed by atoms with Gasteiger partial charge < -0.3 is 15.5 Å². The van der Waals surface area contributed by atoms with Gasteiger partial charge in [0.05, 0.1) is 12.5 Å². The summed E-state index contributed by atoms with van der Waals surface area (Å²) in [4.78, 5) is 27.8. The van der Waals surface area contributed by atoms with Gasteiger partial charge in [0.25, 0.3) is 5.91 Å². The summed E-state index contributed by atoms with van der Waals surface area (Å²) in [7, 11) is 0. The van der Waals surface area contributed by atoms with Crippen molar-refractivity contribution >= 4 is 11.9 Å². The van der Waals surface area contributed by atoms with Gasteiger partial charge in [-0.2, -0.15) is 13.2 Å². The van der Waals surface area contributed by atoms with E-state index in [1.807, 2.05) is 0 Å². The molecule has 0 bridgehead atoms. The van der Waals surface area contributed by atoms with Crippen molar-refractivity contribution in [3.8, 4) is 11.4 Å². The number of carbonyl (C=O) groups is 2. The molecule has 1 amide bonds. The Hall–Kier alpha value is -3.86. The Morgan fingerprint density at radius 2 is 1.61 bits per heavy atom. The molecule has 0 unspecified atom stereocenters. The van der Waals surface area contributed by atoms with E-state index in [1.165, 1.54) is 11.1 Å². The Morgan fingerprint density at radius 3 is 2.15 bits per heavy atom. The Balaban J connectivity index is 0.000000383. The number of amides is 1. The van der Waals surface area contributed by atoms with Crippen molar-refractivity contribution in [3.63, 3.8) is 0 Å². The monoisotopic (exact) mass is 462 g/mol. The Bertz CT molecular complexity index is 1090. The Morgan fingerprint density at radius 1 is 1.03 bits per heavy atom. The number of hydrogen-bond acceptors (Lipinski definition) is 5. The number of carbonyl (C=O) groups excluding carboxylic acids is 1. The van der Waals surface area contributed by atoms with Crippen LogP contribution in [0.15, 0.2) is 61.1 Å². The van der Waals surface area contributed by atoms with Gasteiger partial charge in [-0.15, -0.1) is 0 Å². The average Bonchev–Trinajstić information content (AvgIpc) is 3.41. The second-order valence-corrected chi connectivity index (χ2v) is 7.20. The minimum absolute atomic E-state index is 0.160. The van der Waals surface area contributed by atoms with Crippen molar-refractivity contribution in [2.24, 2.45) is 0 Å². The van der Waals surface area contributed by atoms with Crippen LogP contribution in [0.3, 0.4) is 0 Å². The highest BCUT2D eigenvalue weighted by atomic mass is 19.4. The number of aromatic nitrogens is 2. The zero-order valence-electron chi connectivity index (χ0n) is 17.3. The standard InChI is InChI=1S/C20H20N4O2.C2HF3O2/c25-18-7-5-17(6-8-18)24-14-21-11-19(24)20(26)22-9-10-23-12-15-3-1-2-4-16(15)13-23;3-2(4,5)1(6)7/h1-8,11,14,25H,9-10,12-13H2,(H,22,26);(H,6,7). The topological polar surface area (TPSA) is 108 Å². The van der Waals surface area contributed by atoms with Gasteiger partial charge in [0, 0.05) is 31.9 Å². The van der Waals surface area contributed by atoms with E-state index in [1.54, 1.807) is 41.4 Å². The number of rotatable bonds is 5. The number of nitrogens with zero attached hydrogens (tertiary/aromatic N) is 3. The lowest BCUT2D eigenvalue weighted by atomic mass is 10.1. The van der Waals surface area contributed by atoms with Crippen LogP contribution in [0.5, 0.6) is 5.75 Å². The molecule has 2 heterocycles. The number of aliphatic carboxylic acids is 1. The minimum Gasteiger partial charge on any atom is -0.508 e. The molecule has 1 aliphatic rings. The summed E-state index contributed by atoms with van der Waals surface area (Å²) in [5.74, 6) is -2.73. The van der Waals surface area contributed by atoms with Crippen LogP contribution in [-0.2, 0) is 17.9 Å². The molecule has 0 spiro atoms. The van der Waals surface area contributed by atoms with Gasteiger partial charge in [-0.3, -0.25) is 14.3 Å². The van der Waals surface area contributed by atoms with Gasteiger partial charge >= 0.3 is 12.1 Å². The highest BCUT2D eigenvalue weighted by Crippen LogP contribution is 2.21. The van der Waals surface area contributed by atoms with Crippen LogP contribution in [0.1, 0.15) is 21.6 Å². The molecule has 11 heteroatoms. The van der Waals surface area contributed by atoms with Crippen molar-refractivity contribution in [1.82, 2.24) is 19.8 Å². The van der Waals surface area contributed by atoms with Crippen LogP contribution in [0.2, 0.25) is 0 Å². The number of imidazole rings is 1. The number of carboxylic acids is 1. The first kappa shape index (κ1) is 23.8. The summed E-state index contributed by atoms with van der Waals surface area (Å²) >= 11 is 0. The fraction of sp³-hybridized carbons (Fsp3) is 0.227. The third-order valence-electron chi connectivity index (χ3n) is 4.86. The zero-order chi connectivity index (χ0) is 24.0. The molecule has 1 aromatic heterocycles. The molecule has 0 saturated heterocycles. The molecule has 2 aromatic carbocycles. The second-order valence-electron chi connectivity index (χ2n) is 7.20. The fourth-order valence-electron chi connectivity index (χ4n) is 3.26. The van der Waals surface area contributed by atoms with E-state index in [0.29, 0.717) is 12.2 Å². The number of phenolic OH excluding ortho intramolecular Hbond substituents is 1. The van der Waals surface area contributed by atoms with E-state index in [-0.39, 0.29) is 11.7 Å². The number of alkyl halides is 3. The van der Waals surface area contributed by atoms with Gasteiger partial charge in [-0.1, -0.05) is 24.3 Å². The number of hydrogen-bond donors (Lipinski definition) is 3. The first-order chi connectivity index (χ1) is 15.6. The number of fused-ring (bicyclic) bond motifs is 1. The van der Waals surface area contributed by atoms with Crippen LogP contribution < -0.4 is 5.32 Å². The zero-order valence-corrected chi connectivity index (χ0v) is 17.3. The molecule has 0 fully saturated rings. The number of nitrogens with one attached hydrogen (secondary N) is 1. The predicted octanol–water partition coefficient (Wildman–Crippen LogP) is 2.96. The molecule has 0 saturated carbocycles. The molecule has 3 N–H and O–H groups in total. The first-order valence-corrected chi connectivity index (χ1v) is 9.84. The van der Waals surface area contributed by atoms with Gasteiger partial charge in [0.15, 0.2) is 0 Å². The summed E-state index contributed by atoms with van der Waals surface area (Å²) in [5, 5.41) is 19.5. The molecule has 0 aliphatic carbocycles. The van der Waals surface area contributed by atoms with E-state index in [9.17, 15) is 23.1 Å². The number of halogens is 3. The molecule has 33 heavy (non-hydrogen) atoms. The van der Waals surface area contributed by atoms with E-state index < -0.39 is 12.1 Å². The van der Waals surface area contributed by atoms with Crippen molar-refractivity contribution in [3.05, 3.63) is 77.9 Å². The van der Waals surface area contributed by atoms with E-state index in [4.69, 9.17) is 9.90 Å². The molecule has 3 aromatic rings. The van der Waals surface area contributed by atoms with Gasteiger partial charge in [-0.05, 0) is 35.4 Å². The maximum Gasteiger partial charge on any atom is 0.490 e. The summed E-state index contributed by atoms with van der Waals surface area (Å²) in [6.45, 7) is 3.23. The van der Waals surface area contributed by atoms with E-state index in [0.717, 1.165) is 25.3 Å². The molecule has 0 radical (unpaired) electrons. The third-order valence-corrected chi connectivity index (χ3v) is 4.86. The lowest BCUT2D eigenvalue weighted by molar-refractivity contribution is -0.192. The number of benzene rings is 2. The SMILES string of the molecule is O=C(NCCN1Cc2ccccc2C1)c1cncn1-c1ccc(O)cc1.O=C(O)C(F)(F)F. The smallest absolute Gasteiger partial charge is 0.490 e. The molecular weight excluding hydrogens is 441 g/mol. The lowest BCUT2D eigenvalue weighted by Gasteiger charge is -2.15. The highest BCUT2D eigenvalue weighted by Gasteiger charge is 2.38. The van der Waals surface area contributed by atoms with Crippen LogP contribution >= 0.6 is 0 Å². The molecule has 1 aliphatic heterocycles. The highest BCUT2D eigenvalue weighted by molar-refractivity contribution is 5.93. The lowest BCUT2D eigenvalue weighted by Crippen LogP contribution is -2.33. The Kier molecular flexibility index (Phi) is 7.34. The minimum atomic E-state index is -5.08. The van der Waals surface area contributed by atoms with Gasteiger partial charge in [-0.25, -0.2) is 9.78 Å². The summed E-state index contributed by atoms with van der Waals surface area (Å²) in [5.41, 5.74) is 3.98. The van der Waals surface area contributed by atoms with Crippen molar-refractivity contribution < 1.29 is 33.0 Å². The van der Waals surface area contributed by atoms with Crippen molar-refractivity contribution in [2.75, 3.05) is 13.1 Å². The largest absolute Gasteiger partial charge is 0.508 e. The van der Waals surface area contributed by atoms with Gasteiger partial charge in [0.2, 0.25) is 0 Å². The maximum absolute atomic E-state index is 12.5. The molecule has 4 rings (SSSR count). The quantitative estimate of drug-likeness (QED) is 0.538. The van der Waals surface area contributed by atoms with Crippen LogP contribution in [0.25, 0.3) is 5.69 Å². The second kappa shape index (κ2) is 10.2. The van der Waals surface area contributed by atoms with Crippen molar-refractivity contribution in [1.29, 1.82) is 0 Å². The predicted molar refractivity (Wildman–Crippen MR) is 112 cm³/mol. The normalized spacial score (nSPS) is 13.1. The van der Waals surface area contributed by atoms with E-state index >= 15 is 0 Å². The number of phenols is 1. The Labute approximate surface area is 186 Å². The third kappa shape index (κ3) is 6.32. The molecule has 174 valence electrons.